The lowest BCUT2D eigenvalue weighted by atomic mass is 9.93. The second kappa shape index (κ2) is 6.41. The van der Waals surface area contributed by atoms with Crippen molar-refractivity contribution in [3.8, 4) is 0 Å². The summed E-state index contributed by atoms with van der Waals surface area (Å²) in [7, 11) is 5.77. The lowest BCUT2D eigenvalue weighted by molar-refractivity contribution is 0.0792. The van der Waals surface area contributed by atoms with Crippen molar-refractivity contribution >= 4 is 28.2 Å². The molecule has 2 rings (SSSR count). The molecule has 1 aliphatic rings. The summed E-state index contributed by atoms with van der Waals surface area (Å²) < 4.78 is 0. The van der Waals surface area contributed by atoms with Crippen LogP contribution in [0.3, 0.4) is 0 Å². The number of carbonyl (C=O) groups is 1. The molecule has 0 atom stereocenters. The van der Waals surface area contributed by atoms with Crippen molar-refractivity contribution < 1.29 is 4.79 Å². The molecule has 0 unspecified atom stereocenters. The molecular formula is C13H23N5OS. The molecule has 0 bridgehead atoms. The van der Waals surface area contributed by atoms with Gasteiger partial charge in [-0.15, -0.1) is 0 Å². The Kier molecular flexibility index (Phi) is 4.82. The van der Waals surface area contributed by atoms with Crippen LogP contribution < -0.4 is 11.1 Å². The first kappa shape index (κ1) is 15.1. The number of aromatic nitrogens is 1. The Balaban J connectivity index is 1.97. The van der Waals surface area contributed by atoms with Gasteiger partial charge in [-0.2, -0.15) is 0 Å². The number of rotatable bonds is 6. The van der Waals surface area contributed by atoms with E-state index in [9.17, 15) is 4.79 Å². The number of thiazole rings is 1. The molecule has 1 aliphatic carbocycles. The second-order valence-corrected chi connectivity index (χ2v) is 6.53. The van der Waals surface area contributed by atoms with E-state index in [4.69, 9.17) is 5.73 Å². The molecule has 20 heavy (non-hydrogen) atoms. The van der Waals surface area contributed by atoms with E-state index in [2.05, 4.69) is 10.3 Å². The number of nitrogens with two attached hydrogens (primary N) is 1. The van der Waals surface area contributed by atoms with Crippen molar-refractivity contribution in [2.45, 2.75) is 25.3 Å². The highest BCUT2D eigenvalue weighted by Gasteiger charge is 2.23. The third-order valence-electron chi connectivity index (χ3n) is 3.51. The van der Waals surface area contributed by atoms with Crippen LogP contribution >= 0.6 is 11.3 Å². The van der Waals surface area contributed by atoms with Gasteiger partial charge in [0.05, 0.1) is 0 Å². The van der Waals surface area contributed by atoms with Gasteiger partial charge in [0.2, 0.25) is 0 Å². The van der Waals surface area contributed by atoms with Gasteiger partial charge in [-0.05, 0) is 33.4 Å². The van der Waals surface area contributed by atoms with Gasteiger partial charge >= 0.3 is 0 Å². The molecule has 0 spiro atoms. The minimum atomic E-state index is -0.0523. The number of carbonyl (C=O) groups excluding carboxylic acids is 1. The molecule has 7 heteroatoms. The predicted octanol–water partition coefficient (Wildman–Crippen LogP) is 1.32. The standard InChI is InChI=1S/C13H23N5OS/c1-17(2)7-8-18(3)12(19)10-11(14)16-13(20-10)15-9-5-4-6-9/h9H,4-8,14H2,1-3H3,(H,15,16). The molecule has 0 radical (unpaired) electrons. The maximum absolute atomic E-state index is 12.3. The molecule has 0 aromatic carbocycles. The average Bonchev–Trinajstić information content (AvgIpc) is 2.71. The Labute approximate surface area is 124 Å². The SMILES string of the molecule is CN(C)CCN(C)C(=O)c1sc(NC2CCC2)nc1N. The van der Waals surface area contributed by atoms with Crippen LogP contribution in [0.25, 0.3) is 0 Å². The maximum Gasteiger partial charge on any atom is 0.267 e. The molecule has 0 aliphatic heterocycles. The van der Waals surface area contributed by atoms with Crippen LogP contribution in [0.2, 0.25) is 0 Å². The minimum absolute atomic E-state index is 0.0523. The number of nitrogens with one attached hydrogen (secondary N) is 1. The van der Waals surface area contributed by atoms with E-state index in [1.165, 1.54) is 30.6 Å². The molecule has 1 amide bonds. The zero-order valence-electron chi connectivity index (χ0n) is 12.3. The van der Waals surface area contributed by atoms with Crippen LogP contribution in [-0.4, -0.2) is 61.0 Å². The number of nitrogens with zero attached hydrogens (tertiary/aromatic N) is 3. The molecular weight excluding hydrogens is 274 g/mol. The van der Waals surface area contributed by atoms with Gasteiger partial charge < -0.3 is 20.9 Å². The fraction of sp³-hybridized carbons (Fsp3) is 0.692. The number of anilines is 2. The molecule has 0 saturated heterocycles. The average molecular weight is 297 g/mol. The van der Waals surface area contributed by atoms with Crippen molar-refractivity contribution in [1.29, 1.82) is 0 Å². The lowest BCUT2D eigenvalue weighted by Gasteiger charge is -2.25. The van der Waals surface area contributed by atoms with E-state index in [0.717, 1.165) is 11.7 Å². The van der Waals surface area contributed by atoms with Crippen LogP contribution in [0.4, 0.5) is 10.9 Å². The normalized spacial score (nSPS) is 15.2. The molecule has 112 valence electrons. The summed E-state index contributed by atoms with van der Waals surface area (Å²) in [6.07, 6.45) is 3.61. The first-order valence-electron chi connectivity index (χ1n) is 6.90. The fourth-order valence-corrected chi connectivity index (χ4v) is 2.86. The maximum atomic E-state index is 12.3. The van der Waals surface area contributed by atoms with Gasteiger partial charge in [-0.3, -0.25) is 4.79 Å². The van der Waals surface area contributed by atoms with E-state index in [1.54, 1.807) is 11.9 Å². The van der Waals surface area contributed by atoms with Gasteiger partial charge in [0.15, 0.2) is 5.13 Å². The van der Waals surface area contributed by atoms with Crippen LogP contribution in [0.15, 0.2) is 0 Å². The third kappa shape index (κ3) is 3.61. The Hall–Kier alpha value is -1.34. The molecule has 1 saturated carbocycles. The smallest absolute Gasteiger partial charge is 0.267 e. The van der Waals surface area contributed by atoms with Gasteiger partial charge in [-0.25, -0.2) is 4.98 Å². The van der Waals surface area contributed by atoms with Crippen LogP contribution in [0.1, 0.15) is 28.9 Å². The van der Waals surface area contributed by atoms with Crippen molar-refractivity contribution in [1.82, 2.24) is 14.8 Å². The second-order valence-electron chi connectivity index (χ2n) is 5.54. The summed E-state index contributed by atoms with van der Waals surface area (Å²) >= 11 is 1.36. The predicted molar refractivity (Wildman–Crippen MR) is 83.3 cm³/mol. The number of nitrogen functional groups attached to an aromatic ring is 1. The van der Waals surface area contributed by atoms with Crippen molar-refractivity contribution in [2.24, 2.45) is 0 Å². The van der Waals surface area contributed by atoms with Crippen LogP contribution in [-0.2, 0) is 0 Å². The number of amides is 1. The van der Waals surface area contributed by atoms with E-state index in [1.807, 2.05) is 19.0 Å². The van der Waals surface area contributed by atoms with E-state index in [0.29, 0.717) is 23.3 Å². The molecule has 1 aromatic rings. The van der Waals surface area contributed by atoms with Crippen molar-refractivity contribution in [3.63, 3.8) is 0 Å². The monoisotopic (exact) mass is 297 g/mol. The summed E-state index contributed by atoms with van der Waals surface area (Å²) in [6.45, 7) is 1.50. The van der Waals surface area contributed by atoms with Crippen molar-refractivity contribution in [3.05, 3.63) is 4.88 Å². The van der Waals surface area contributed by atoms with Gasteiger partial charge in [0.25, 0.3) is 5.91 Å². The first-order chi connectivity index (χ1) is 9.47. The lowest BCUT2D eigenvalue weighted by Crippen LogP contribution is -2.33. The van der Waals surface area contributed by atoms with E-state index >= 15 is 0 Å². The molecule has 3 N–H and O–H groups in total. The third-order valence-corrected chi connectivity index (χ3v) is 4.50. The summed E-state index contributed by atoms with van der Waals surface area (Å²) in [5.41, 5.74) is 5.87. The van der Waals surface area contributed by atoms with Gasteiger partial charge in [0.1, 0.15) is 10.7 Å². The number of likely N-dealkylation sites (N-methyl/N-ethyl adjacent to an activating group) is 2. The summed E-state index contributed by atoms with van der Waals surface area (Å²) in [6, 6.07) is 0.495. The Morgan fingerprint density at radius 3 is 2.65 bits per heavy atom. The topological polar surface area (TPSA) is 74.5 Å². The Morgan fingerprint density at radius 2 is 2.10 bits per heavy atom. The summed E-state index contributed by atoms with van der Waals surface area (Å²) in [5, 5.41) is 4.09. The summed E-state index contributed by atoms with van der Waals surface area (Å²) in [4.78, 5) is 20.9. The molecule has 1 heterocycles. The van der Waals surface area contributed by atoms with E-state index < -0.39 is 0 Å². The number of hydrogen-bond acceptors (Lipinski definition) is 6. The summed E-state index contributed by atoms with van der Waals surface area (Å²) in [5.74, 6) is 0.280. The van der Waals surface area contributed by atoms with Crippen LogP contribution in [0, 0.1) is 0 Å². The highest BCUT2D eigenvalue weighted by atomic mass is 32.1. The Morgan fingerprint density at radius 1 is 1.40 bits per heavy atom. The first-order valence-corrected chi connectivity index (χ1v) is 7.72. The van der Waals surface area contributed by atoms with Crippen LogP contribution in [0.5, 0.6) is 0 Å². The quantitative estimate of drug-likeness (QED) is 0.828. The molecule has 6 nitrogen and oxygen atoms in total. The van der Waals surface area contributed by atoms with Crippen molar-refractivity contribution in [2.75, 3.05) is 45.3 Å². The minimum Gasteiger partial charge on any atom is -0.382 e. The molecule has 1 aromatic heterocycles. The van der Waals surface area contributed by atoms with Gasteiger partial charge in [0, 0.05) is 26.2 Å². The zero-order chi connectivity index (χ0) is 14.7. The fourth-order valence-electron chi connectivity index (χ4n) is 1.90. The molecule has 1 fully saturated rings. The number of hydrogen-bond donors (Lipinski definition) is 2. The van der Waals surface area contributed by atoms with Gasteiger partial charge in [-0.1, -0.05) is 11.3 Å². The largest absolute Gasteiger partial charge is 0.382 e. The zero-order valence-corrected chi connectivity index (χ0v) is 13.2. The highest BCUT2D eigenvalue weighted by molar-refractivity contribution is 7.18. The van der Waals surface area contributed by atoms with E-state index in [-0.39, 0.29) is 5.91 Å². The Bertz CT molecular complexity index is 469. The highest BCUT2D eigenvalue weighted by Crippen LogP contribution is 2.30.